The lowest BCUT2D eigenvalue weighted by Crippen LogP contribution is -2.35. The minimum Gasteiger partial charge on any atom is -0.484 e. The summed E-state index contributed by atoms with van der Waals surface area (Å²) in [5, 5.41) is 14.2. The first-order valence-electron chi connectivity index (χ1n) is 9.51. The molecule has 0 aliphatic carbocycles. The van der Waals surface area contributed by atoms with E-state index < -0.39 is 0 Å². The first kappa shape index (κ1) is 22.1. The van der Waals surface area contributed by atoms with Crippen LogP contribution >= 0.6 is 15.9 Å². The maximum absolute atomic E-state index is 12.0. The molecular weight excluding hydrogens is 458 g/mol. The number of benzene rings is 3. The highest BCUT2D eigenvalue weighted by Gasteiger charge is 2.09. The standard InChI is InChI=1S/C24H20BrN3O3/c1-16-12-20(25)8-11-22(16)28-23(29)14-27-24(30)15-31-21-9-6-19(7-10-21)18-4-2-17(13-26)3-5-18/h2-12H,14-15H2,1H3,(H,27,30)(H,28,29). The third-order valence-electron chi connectivity index (χ3n) is 4.48. The molecule has 0 saturated carbocycles. The molecule has 3 aromatic rings. The Balaban J connectivity index is 1.44. The van der Waals surface area contributed by atoms with E-state index in [1.54, 1.807) is 30.3 Å². The summed E-state index contributed by atoms with van der Waals surface area (Å²) in [5.41, 5.74) is 4.18. The van der Waals surface area contributed by atoms with Crippen LogP contribution in [0.3, 0.4) is 0 Å². The van der Waals surface area contributed by atoms with E-state index in [-0.39, 0.29) is 25.0 Å². The zero-order valence-corrected chi connectivity index (χ0v) is 18.4. The summed E-state index contributed by atoms with van der Waals surface area (Å²) < 4.78 is 6.42. The second-order valence-corrected chi connectivity index (χ2v) is 7.70. The van der Waals surface area contributed by atoms with Crippen molar-refractivity contribution in [2.45, 2.75) is 6.92 Å². The zero-order chi connectivity index (χ0) is 22.2. The molecule has 156 valence electrons. The fraction of sp³-hybridized carbons (Fsp3) is 0.125. The summed E-state index contributed by atoms with van der Waals surface area (Å²) in [6.07, 6.45) is 0. The number of ether oxygens (including phenoxy) is 1. The fourth-order valence-corrected chi connectivity index (χ4v) is 3.30. The van der Waals surface area contributed by atoms with Crippen LogP contribution in [0.4, 0.5) is 5.69 Å². The molecule has 0 atom stereocenters. The largest absolute Gasteiger partial charge is 0.484 e. The maximum atomic E-state index is 12.0. The molecule has 7 heteroatoms. The van der Waals surface area contributed by atoms with Gasteiger partial charge in [-0.1, -0.05) is 40.2 Å². The molecule has 0 fully saturated rings. The van der Waals surface area contributed by atoms with Crippen molar-refractivity contribution in [1.82, 2.24) is 5.32 Å². The van der Waals surface area contributed by atoms with Crippen LogP contribution in [0, 0.1) is 18.3 Å². The highest BCUT2D eigenvalue weighted by atomic mass is 79.9. The highest BCUT2D eigenvalue weighted by molar-refractivity contribution is 9.10. The highest BCUT2D eigenvalue weighted by Crippen LogP contribution is 2.23. The van der Waals surface area contributed by atoms with Crippen molar-refractivity contribution in [3.05, 3.63) is 82.3 Å². The van der Waals surface area contributed by atoms with E-state index >= 15 is 0 Å². The van der Waals surface area contributed by atoms with Crippen molar-refractivity contribution in [1.29, 1.82) is 5.26 Å². The lowest BCUT2D eigenvalue weighted by Gasteiger charge is -2.10. The van der Waals surface area contributed by atoms with Crippen LogP contribution in [0.1, 0.15) is 11.1 Å². The van der Waals surface area contributed by atoms with Gasteiger partial charge in [0.1, 0.15) is 5.75 Å². The van der Waals surface area contributed by atoms with Gasteiger partial charge in [-0.3, -0.25) is 9.59 Å². The van der Waals surface area contributed by atoms with Crippen molar-refractivity contribution >= 4 is 33.4 Å². The second kappa shape index (κ2) is 10.4. The number of aryl methyl sites for hydroxylation is 1. The van der Waals surface area contributed by atoms with Gasteiger partial charge in [0.25, 0.3) is 5.91 Å². The molecular formula is C24H20BrN3O3. The van der Waals surface area contributed by atoms with Crippen molar-refractivity contribution in [3.63, 3.8) is 0 Å². The number of anilines is 1. The smallest absolute Gasteiger partial charge is 0.258 e. The van der Waals surface area contributed by atoms with Gasteiger partial charge in [-0.2, -0.15) is 5.26 Å². The van der Waals surface area contributed by atoms with Gasteiger partial charge >= 0.3 is 0 Å². The topological polar surface area (TPSA) is 91.2 Å². The third kappa shape index (κ3) is 6.43. The summed E-state index contributed by atoms with van der Waals surface area (Å²) in [6, 6.07) is 22.2. The number of carbonyl (C=O) groups excluding carboxylic acids is 2. The monoisotopic (exact) mass is 477 g/mol. The van der Waals surface area contributed by atoms with Crippen LogP contribution in [0.15, 0.2) is 71.2 Å². The predicted molar refractivity (Wildman–Crippen MR) is 123 cm³/mol. The molecule has 0 bridgehead atoms. The minimum absolute atomic E-state index is 0.144. The third-order valence-corrected chi connectivity index (χ3v) is 4.97. The number of nitrogens with one attached hydrogen (secondary N) is 2. The van der Waals surface area contributed by atoms with Crippen molar-refractivity contribution in [2.75, 3.05) is 18.5 Å². The molecule has 0 unspecified atom stereocenters. The Morgan fingerprint density at radius 3 is 2.23 bits per heavy atom. The number of rotatable bonds is 7. The molecule has 2 N–H and O–H groups in total. The average Bonchev–Trinajstić information content (AvgIpc) is 2.78. The van der Waals surface area contributed by atoms with Crippen LogP contribution in [-0.2, 0) is 9.59 Å². The van der Waals surface area contributed by atoms with E-state index in [0.717, 1.165) is 21.2 Å². The molecule has 6 nitrogen and oxygen atoms in total. The van der Waals surface area contributed by atoms with Gasteiger partial charge in [0.2, 0.25) is 5.91 Å². The lowest BCUT2D eigenvalue weighted by molar-refractivity contribution is -0.125. The van der Waals surface area contributed by atoms with Gasteiger partial charge in [-0.15, -0.1) is 0 Å². The molecule has 31 heavy (non-hydrogen) atoms. The molecule has 3 rings (SSSR count). The Kier molecular flexibility index (Phi) is 7.41. The Morgan fingerprint density at radius 2 is 1.61 bits per heavy atom. The molecule has 3 aromatic carbocycles. The van der Waals surface area contributed by atoms with E-state index in [1.807, 2.05) is 43.3 Å². The first-order valence-corrected chi connectivity index (χ1v) is 10.3. The first-order chi connectivity index (χ1) is 14.9. The van der Waals surface area contributed by atoms with Gasteiger partial charge < -0.3 is 15.4 Å². The number of hydrogen-bond donors (Lipinski definition) is 2. The second-order valence-electron chi connectivity index (χ2n) is 6.79. The number of halogens is 1. The molecule has 0 aromatic heterocycles. The van der Waals surface area contributed by atoms with Crippen LogP contribution < -0.4 is 15.4 Å². The van der Waals surface area contributed by atoms with Crippen molar-refractivity contribution in [2.24, 2.45) is 0 Å². The van der Waals surface area contributed by atoms with Gasteiger partial charge in [0, 0.05) is 10.2 Å². The lowest BCUT2D eigenvalue weighted by atomic mass is 10.0. The van der Waals surface area contributed by atoms with Crippen molar-refractivity contribution in [3.8, 4) is 22.9 Å². The SMILES string of the molecule is Cc1cc(Br)ccc1NC(=O)CNC(=O)COc1ccc(-c2ccc(C#N)cc2)cc1. The summed E-state index contributed by atoms with van der Waals surface area (Å²) in [4.78, 5) is 24.0. The Hall–Kier alpha value is -3.63. The number of hydrogen-bond acceptors (Lipinski definition) is 4. The van der Waals surface area contributed by atoms with E-state index in [9.17, 15) is 9.59 Å². The van der Waals surface area contributed by atoms with Gasteiger partial charge in [0.05, 0.1) is 18.2 Å². The number of nitriles is 1. The summed E-state index contributed by atoms with van der Waals surface area (Å²) in [6.45, 7) is 1.55. The van der Waals surface area contributed by atoms with Crippen LogP contribution in [-0.4, -0.2) is 25.0 Å². The summed E-state index contributed by atoms with van der Waals surface area (Å²) >= 11 is 3.38. The van der Waals surface area contributed by atoms with Crippen LogP contribution in [0.25, 0.3) is 11.1 Å². The zero-order valence-electron chi connectivity index (χ0n) is 16.8. The predicted octanol–water partition coefficient (Wildman–Crippen LogP) is 4.43. The van der Waals surface area contributed by atoms with Gasteiger partial charge in [0.15, 0.2) is 6.61 Å². The molecule has 0 saturated heterocycles. The van der Waals surface area contributed by atoms with Crippen LogP contribution in [0.2, 0.25) is 0 Å². The molecule has 0 aliphatic heterocycles. The van der Waals surface area contributed by atoms with E-state index in [2.05, 4.69) is 32.6 Å². The Labute approximate surface area is 189 Å². The summed E-state index contributed by atoms with van der Waals surface area (Å²) in [5.74, 6) is -0.160. The molecule has 0 aliphatic rings. The Morgan fingerprint density at radius 1 is 0.968 bits per heavy atom. The Bertz CT molecular complexity index is 1120. The van der Waals surface area contributed by atoms with E-state index in [4.69, 9.17) is 10.00 Å². The molecule has 0 spiro atoms. The molecule has 0 radical (unpaired) electrons. The van der Waals surface area contributed by atoms with Gasteiger partial charge in [-0.25, -0.2) is 0 Å². The van der Waals surface area contributed by atoms with Crippen molar-refractivity contribution < 1.29 is 14.3 Å². The van der Waals surface area contributed by atoms with Crippen LogP contribution in [0.5, 0.6) is 5.75 Å². The minimum atomic E-state index is -0.390. The normalized spacial score (nSPS) is 10.1. The maximum Gasteiger partial charge on any atom is 0.258 e. The van der Waals surface area contributed by atoms with Gasteiger partial charge in [-0.05, 0) is 66.1 Å². The van der Waals surface area contributed by atoms with E-state index in [0.29, 0.717) is 17.0 Å². The average molecular weight is 478 g/mol. The number of nitrogens with zero attached hydrogens (tertiary/aromatic N) is 1. The quantitative estimate of drug-likeness (QED) is 0.526. The number of amides is 2. The summed E-state index contributed by atoms with van der Waals surface area (Å²) in [7, 11) is 0. The van der Waals surface area contributed by atoms with E-state index in [1.165, 1.54) is 0 Å². The molecule has 2 amide bonds. The fourth-order valence-electron chi connectivity index (χ4n) is 2.82. The molecule has 0 heterocycles. The number of carbonyl (C=O) groups is 2.